The van der Waals surface area contributed by atoms with Crippen LogP contribution in [0.1, 0.15) is 32.6 Å². The normalized spacial score (nSPS) is 12.7. The van der Waals surface area contributed by atoms with Crippen LogP contribution < -0.4 is 0 Å². The highest BCUT2D eigenvalue weighted by Crippen LogP contribution is 2.26. The monoisotopic (exact) mass is 278 g/mol. The Bertz CT molecular complexity index is 588. The van der Waals surface area contributed by atoms with Gasteiger partial charge < -0.3 is 9.26 Å². The van der Waals surface area contributed by atoms with Crippen molar-refractivity contribution in [1.29, 1.82) is 0 Å². The summed E-state index contributed by atoms with van der Waals surface area (Å²) in [6.45, 7) is 5.91. The first kappa shape index (κ1) is 14.2. The Hall–Kier alpha value is -2.18. The first-order valence-electron chi connectivity index (χ1n) is 6.53. The predicted molar refractivity (Wildman–Crippen MR) is 70.7 cm³/mol. The van der Waals surface area contributed by atoms with E-state index in [9.17, 15) is 4.79 Å². The summed E-state index contributed by atoms with van der Waals surface area (Å²) in [5.41, 5.74) is 0.605. The Labute approximate surface area is 116 Å². The van der Waals surface area contributed by atoms with Crippen molar-refractivity contribution in [1.82, 2.24) is 19.9 Å². The Morgan fingerprint density at radius 2 is 2.25 bits per heavy atom. The molecule has 0 amide bonds. The Morgan fingerprint density at radius 3 is 2.80 bits per heavy atom. The molecule has 0 saturated heterocycles. The smallest absolute Gasteiger partial charge is 0.318 e. The molecule has 0 spiro atoms. The third-order valence-electron chi connectivity index (χ3n) is 2.86. The van der Waals surface area contributed by atoms with Gasteiger partial charge in [-0.2, -0.15) is 10.1 Å². The van der Waals surface area contributed by atoms with Crippen LogP contribution in [0.5, 0.6) is 0 Å². The zero-order valence-corrected chi connectivity index (χ0v) is 12.0. The van der Waals surface area contributed by atoms with E-state index in [4.69, 9.17) is 9.26 Å². The van der Waals surface area contributed by atoms with Crippen LogP contribution in [0.15, 0.2) is 16.8 Å². The van der Waals surface area contributed by atoms with Crippen molar-refractivity contribution < 1.29 is 14.1 Å². The Balaban J connectivity index is 2.27. The molecule has 2 aromatic heterocycles. The number of hydrogen-bond acceptors (Lipinski definition) is 6. The third-order valence-corrected chi connectivity index (χ3v) is 2.86. The minimum absolute atomic E-state index is 0.00563. The van der Waals surface area contributed by atoms with Gasteiger partial charge in [0, 0.05) is 13.2 Å². The third kappa shape index (κ3) is 2.87. The second-order valence-corrected chi connectivity index (χ2v) is 4.80. The lowest BCUT2D eigenvalue weighted by Crippen LogP contribution is -2.21. The number of aromatic nitrogens is 4. The summed E-state index contributed by atoms with van der Waals surface area (Å²) >= 11 is 0. The number of esters is 1. The average molecular weight is 278 g/mol. The van der Waals surface area contributed by atoms with E-state index < -0.39 is 5.92 Å². The first-order chi connectivity index (χ1) is 9.52. The predicted octanol–water partition coefficient (Wildman–Crippen LogP) is 1.77. The van der Waals surface area contributed by atoms with E-state index in [-0.39, 0.29) is 17.8 Å². The van der Waals surface area contributed by atoms with Crippen LogP contribution in [0.4, 0.5) is 0 Å². The topological polar surface area (TPSA) is 83.0 Å². The summed E-state index contributed by atoms with van der Waals surface area (Å²) in [6, 6.07) is 1.78. The van der Waals surface area contributed by atoms with Gasteiger partial charge in [-0.05, 0) is 18.9 Å². The molecule has 0 N–H and O–H groups in total. The lowest BCUT2D eigenvalue weighted by atomic mass is 9.96. The number of nitrogens with zero attached hydrogens (tertiary/aromatic N) is 4. The second-order valence-electron chi connectivity index (χ2n) is 4.80. The maximum atomic E-state index is 12.0. The van der Waals surface area contributed by atoms with Crippen LogP contribution in [0.25, 0.3) is 11.5 Å². The van der Waals surface area contributed by atoms with Crippen molar-refractivity contribution in [2.75, 3.05) is 6.61 Å². The van der Waals surface area contributed by atoms with Crippen LogP contribution in [-0.2, 0) is 16.6 Å². The number of aryl methyl sites for hydroxylation is 1. The molecule has 2 heterocycles. The quantitative estimate of drug-likeness (QED) is 0.775. The maximum Gasteiger partial charge on any atom is 0.318 e. The number of hydrogen-bond donors (Lipinski definition) is 0. The fourth-order valence-corrected chi connectivity index (χ4v) is 1.89. The van der Waals surface area contributed by atoms with Gasteiger partial charge in [-0.25, -0.2) is 0 Å². The molecule has 0 aliphatic rings. The SMILES string of the molecule is CCOC(=O)C(c1nc(-c2ccn(C)n2)no1)C(C)C. The number of ether oxygens (including phenoxy) is 1. The van der Waals surface area contributed by atoms with Gasteiger partial charge in [-0.15, -0.1) is 0 Å². The zero-order chi connectivity index (χ0) is 14.7. The highest BCUT2D eigenvalue weighted by molar-refractivity contribution is 5.77. The summed E-state index contributed by atoms with van der Waals surface area (Å²) in [5, 5.41) is 8.07. The number of carbonyl (C=O) groups excluding carboxylic acids is 1. The molecule has 0 aliphatic carbocycles. The van der Waals surface area contributed by atoms with Crippen LogP contribution in [-0.4, -0.2) is 32.5 Å². The molecule has 1 atom stereocenters. The number of carbonyl (C=O) groups is 1. The minimum Gasteiger partial charge on any atom is -0.465 e. The van der Waals surface area contributed by atoms with Gasteiger partial charge in [0.1, 0.15) is 11.6 Å². The average Bonchev–Trinajstić information content (AvgIpc) is 2.98. The molecule has 2 rings (SSSR count). The lowest BCUT2D eigenvalue weighted by Gasteiger charge is -2.14. The van der Waals surface area contributed by atoms with Gasteiger partial charge in [0.2, 0.25) is 11.7 Å². The van der Waals surface area contributed by atoms with E-state index in [1.807, 2.05) is 13.8 Å². The van der Waals surface area contributed by atoms with Crippen molar-refractivity contribution in [3.8, 4) is 11.5 Å². The zero-order valence-electron chi connectivity index (χ0n) is 12.0. The van der Waals surface area contributed by atoms with Gasteiger partial charge in [0.15, 0.2) is 0 Å². The van der Waals surface area contributed by atoms with Gasteiger partial charge in [0.25, 0.3) is 0 Å². The Morgan fingerprint density at radius 1 is 1.50 bits per heavy atom. The van der Waals surface area contributed by atoms with Crippen LogP contribution in [0.3, 0.4) is 0 Å². The van der Waals surface area contributed by atoms with E-state index >= 15 is 0 Å². The lowest BCUT2D eigenvalue weighted by molar-refractivity contribution is -0.146. The molecule has 0 bridgehead atoms. The molecule has 0 saturated carbocycles. The summed E-state index contributed by atoms with van der Waals surface area (Å²) in [7, 11) is 1.81. The summed E-state index contributed by atoms with van der Waals surface area (Å²) in [6.07, 6.45) is 1.79. The molecule has 0 fully saturated rings. The first-order valence-corrected chi connectivity index (χ1v) is 6.53. The molecule has 0 radical (unpaired) electrons. The van der Waals surface area contributed by atoms with E-state index in [2.05, 4.69) is 15.2 Å². The molecule has 2 aromatic rings. The van der Waals surface area contributed by atoms with Crippen molar-refractivity contribution >= 4 is 5.97 Å². The standard InChI is InChI=1S/C13H18N4O3/c1-5-19-13(18)10(8(2)3)12-14-11(16-20-12)9-6-7-17(4)15-9/h6-8,10H,5H2,1-4H3. The molecule has 20 heavy (non-hydrogen) atoms. The van der Waals surface area contributed by atoms with E-state index in [1.165, 1.54) is 0 Å². The van der Waals surface area contributed by atoms with Gasteiger partial charge in [-0.1, -0.05) is 19.0 Å². The minimum atomic E-state index is -0.556. The van der Waals surface area contributed by atoms with Crippen molar-refractivity contribution in [3.05, 3.63) is 18.2 Å². The maximum absolute atomic E-state index is 12.0. The molecule has 0 aliphatic heterocycles. The summed E-state index contributed by atoms with van der Waals surface area (Å²) in [5.74, 6) is -0.264. The van der Waals surface area contributed by atoms with Crippen molar-refractivity contribution in [3.63, 3.8) is 0 Å². The Kier molecular flexibility index (Phi) is 4.16. The second kappa shape index (κ2) is 5.85. The molecule has 7 heteroatoms. The van der Waals surface area contributed by atoms with Crippen LogP contribution in [0.2, 0.25) is 0 Å². The fraction of sp³-hybridized carbons (Fsp3) is 0.538. The molecule has 7 nitrogen and oxygen atoms in total. The van der Waals surface area contributed by atoms with Crippen LogP contribution in [0, 0.1) is 5.92 Å². The molecule has 108 valence electrons. The number of rotatable bonds is 5. The van der Waals surface area contributed by atoms with E-state index in [0.717, 1.165) is 0 Å². The van der Waals surface area contributed by atoms with Crippen LogP contribution >= 0.6 is 0 Å². The van der Waals surface area contributed by atoms with E-state index in [0.29, 0.717) is 18.1 Å². The van der Waals surface area contributed by atoms with E-state index in [1.54, 1.807) is 30.9 Å². The molecule has 1 unspecified atom stereocenters. The van der Waals surface area contributed by atoms with Gasteiger partial charge in [0.05, 0.1) is 6.61 Å². The van der Waals surface area contributed by atoms with Gasteiger partial charge >= 0.3 is 5.97 Å². The highest BCUT2D eigenvalue weighted by atomic mass is 16.5. The molecular formula is C13H18N4O3. The molecular weight excluding hydrogens is 260 g/mol. The van der Waals surface area contributed by atoms with Gasteiger partial charge in [-0.3, -0.25) is 9.48 Å². The molecule has 0 aromatic carbocycles. The summed E-state index contributed by atoms with van der Waals surface area (Å²) < 4.78 is 11.9. The largest absolute Gasteiger partial charge is 0.465 e. The van der Waals surface area contributed by atoms with Crippen molar-refractivity contribution in [2.24, 2.45) is 13.0 Å². The summed E-state index contributed by atoms with van der Waals surface area (Å²) in [4.78, 5) is 16.2. The van der Waals surface area contributed by atoms with Crippen molar-refractivity contribution in [2.45, 2.75) is 26.7 Å². The highest BCUT2D eigenvalue weighted by Gasteiger charge is 2.31. The fourth-order valence-electron chi connectivity index (χ4n) is 1.89.